The molecule has 0 heterocycles. The molecule has 1 aliphatic rings. The summed E-state index contributed by atoms with van der Waals surface area (Å²) in [6.07, 6.45) is 8.11. The summed E-state index contributed by atoms with van der Waals surface area (Å²) in [4.78, 5) is 14.6. The van der Waals surface area contributed by atoms with Crippen LogP contribution in [0.3, 0.4) is 0 Å². The molecule has 1 amide bonds. The van der Waals surface area contributed by atoms with E-state index in [0.29, 0.717) is 38.3 Å². The molecule has 0 bridgehead atoms. The summed E-state index contributed by atoms with van der Waals surface area (Å²) < 4.78 is 28.5. The van der Waals surface area contributed by atoms with E-state index < -0.39 is 9.84 Å². The van der Waals surface area contributed by atoms with Gasteiger partial charge in [0.15, 0.2) is 9.84 Å². The maximum Gasteiger partial charge on any atom is 0.222 e. The predicted molar refractivity (Wildman–Crippen MR) is 114 cm³/mol. The third-order valence-corrected chi connectivity index (χ3v) is 6.59. The van der Waals surface area contributed by atoms with Crippen LogP contribution in [0.2, 0.25) is 0 Å². The van der Waals surface area contributed by atoms with Gasteiger partial charge in [0, 0.05) is 26.3 Å². The zero-order valence-electron chi connectivity index (χ0n) is 16.9. The lowest BCUT2D eigenvalue weighted by atomic mass is 9.71. The van der Waals surface area contributed by atoms with Crippen molar-refractivity contribution in [2.75, 3.05) is 33.0 Å². The predicted octanol–water partition coefficient (Wildman–Crippen LogP) is 3.04. The molecular formula is C20H33ClN2O4S. The number of hydrogen-bond donors (Lipinski definition) is 1. The number of benzene rings is 1. The number of nitrogens with two attached hydrogens (primary N) is 1. The molecule has 0 spiro atoms. The number of carbonyl (C=O) groups is 1. The molecule has 0 aromatic heterocycles. The first-order chi connectivity index (χ1) is 12.8. The highest BCUT2D eigenvalue weighted by molar-refractivity contribution is 7.90. The number of ether oxygens (including phenoxy) is 1. The summed E-state index contributed by atoms with van der Waals surface area (Å²) in [7, 11) is -1.36. The summed E-state index contributed by atoms with van der Waals surface area (Å²) in [5.74, 6) is 0.778. The SMILES string of the molecule is CN(CCCOc1ccc(S(C)(=O)=O)cc1)C(=O)CC1(CN)CCCCC1.Cl. The van der Waals surface area contributed by atoms with Crippen LogP contribution in [0.5, 0.6) is 5.75 Å². The first-order valence-corrected chi connectivity index (χ1v) is 11.5. The Morgan fingerprint density at radius 2 is 1.79 bits per heavy atom. The number of nitrogens with zero attached hydrogens (tertiary/aromatic N) is 1. The van der Waals surface area contributed by atoms with Crippen LogP contribution < -0.4 is 10.5 Å². The van der Waals surface area contributed by atoms with Crippen molar-refractivity contribution in [3.05, 3.63) is 24.3 Å². The number of rotatable bonds is 9. The summed E-state index contributed by atoms with van der Waals surface area (Å²) in [5.41, 5.74) is 5.97. The second-order valence-corrected chi connectivity index (χ2v) is 9.72. The molecule has 1 aromatic carbocycles. The van der Waals surface area contributed by atoms with E-state index in [1.807, 2.05) is 7.05 Å². The minimum Gasteiger partial charge on any atom is -0.494 e. The van der Waals surface area contributed by atoms with Gasteiger partial charge in [0.25, 0.3) is 0 Å². The first kappa shape index (κ1) is 24.7. The van der Waals surface area contributed by atoms with Gasteiger partial charge in [-0.05, 0) is 55.5 Å². The van der Waals surface area contributed by atoms with E-state index in [1.54, 1.807) is 17.0 Å². The summed E-state index contributed by atoms with van der Waals surface area (Å²) in [6.45, 7) is 1.68. The van der Waals surface area contributed by atoms with Crippen molar-refractivity contribution in [2.24, 2.45) is 11.1 Å². The van der Waals surface area contributed by atoms with Gasteiger partial charge in [-0.25, -0.2) is 8.42 Å². The van der Waals surface area contributed by atoms with E-state index in [4.69, 9.17) is 10.5 Å². The molecule has 8 heteroatoms. The van der Waals surface area contributed by atoms with Crippen molar-refractivity contribution in [1.82, 2.24) is 4.90 Å². The van der Waals surface area contributed by atoms with Crippen molar-refractivity contribution in [3.63, 3.8) is 0 Å². The molecule has 1 aromatic rings. The number of carbonyl (C=O) groups excluding carboxylic acids is 1. The van der Waals surface area contributed by atoms with Crippen LogP contribution in [0.1, 0.15) is 44.9 Å². The Morgan fingerprint density at radius 3 is 2.32 bits per heavy atom. The second-order valence-electron chi connectivity index (χ2n) is 7.70. The van der Waals surface area contributed by atoms with E-state index in [1.165, 1.54) is 37.7 Å². The zero-order valence-corrected chi connectivity index (χ0v) is 18.5. The molecule has 160 valence electrons. The van der Waals surface area contributed by atoms with Crippen LogP contribution in [-0.4, -0.2) is 52.2 Å². The lowest BCUT2D eigenvalue weighted by Crippen LogP contribution is -2.39. The van der Waals surface area contributed by atoms with Crippen LogP contribution in [0, 0.1) is 5.41 Å². The van der Waals surface area contributed by atoms with Crippen molar-refractivity contribution in [2.45, 2.75) is 49.8 Å². The molecular weight excluding hydrogens is 400 g/mol. The Morgan fingerprint density at radius 1 is 1.18 bits per heavy atom. The van der Waals surface area contributed by atoms with Crippen LogP contribution in [-0.2, 0) is 14.6 Å². The Balaban J connectivity index is 0.00000392. The third kappa shape index (κ3) is 7.26. The largest absolute Gasteiger partial charge is 0.494 e. The van der Waals surface area contributed by atoms with Crippen LogP contribution in [0.25, 0.3) is 0 Å². The maximum atomic E-state index is 12.5. The van der Waals surface area contributed by atoms with E-state index in [-0.39, 0.29) is 28.6 Å². The molecule has 28 heavy (non-hydrogen) atoms. The van der Waals surface area contributed by atoms with Gasteiger partial charge in [0.2, 0.25) is 5.91 Å². The molecule has 1 aliphatic carbocycles. The van der Waals surface area contributed by atoms with Gasteiger partial charge in [-0.3, -0.25) is 4.79 Å². The summed E-state index contributed by atoms with van der Waals surface area (Å²) >= 11 is 0. The van der Waals surface area contributed by atoms with Crippen molar-refractivity contribution < 1.29 is 17.9 Å². The van der Waals surface area contributed by atoms with Crippen molar-refractivity contribution in [1.29, 1.82) is 0 Å². The fourth-order valence-corrected chi connectivity index (χ4v) is 4.24. The van der Waals surface area contributed by atoms with Gasteiger partial charge >= 0.3 is 0 Å². The van der Waals surface area contributed by atoms with Crippen LogP contribution >= 0.6 is 12.4 Å². The Kier molecular flexibility index (Phi) is 9.74. The minimum atomic E-state index is -3.19. The highest BCUT2D eigenvalue weighted by Crippen LogP contribution is 2.38. The van der Waals surface area contributed by atoms with Crippen LogP contribution in [0.15, 0.2) is 29.2 Å². The third-order valence-electron chi connectivity index (χ3n) is 5.46. The lowest BCUT2D eigenvalue weighted by molar-refractivity contribution is -0.133. The Hall–Kier alpha value is -1.31. The summed E-state index contributed by atoms with van der Waals surface area (Å²) in [6, 6.07) is 6.38. The zero-order chi connectivity index (χ0) is 19.9. The molecule has 1 fully saturated rings. The van der Waals surface area contributed by atoms with E-state index in [0.717, 1.165) is 12.8 Å². The van der Waals surface area contributed by atoms with Crippen LogP contribution in [0.4, 0.5) is 0 Å². The molecule has 0 unspecified atom stereocenters. The normalized spacial score (nSPS) is 16.1. The average molecular weight is 433 g/mol. The molecule has 0 radical (unpaired) electrons. The fourth-order valence-electron chi connectivity index (χ4n) is 3.61. The van der Waals surface area contributed by atoms with E-state index in [9.17, 15) is 13.2 Å². The average Bonchev–Trinajstić information content (AvgIpc) is 2.65. The minimum absolute atomic E-state index is 0. The number of halogens is 1. The van der Waals surface area contributed by atoms with Gasteiger partial charge < -0.3 is 15.4 Å². The van der Waals surface area contributed by atoms with Gasteiger partial charge in [-0.1, -0.05) is 19.3 Å². The number of amides is 1. The van der Waals surface area contributed by atoms with Gasteiger partial charge in [0.1, 0.15) is 5.75 Å². The summed E-state index contributed by atoms with van der Waals surface area (Å²) in [5, 5.41) is 0. The fraction of sp³-hybridized carbons (Fsp3) is 0.650. The molecule has 6 nitrogen and oxygen atoms in total. The van der Waals surface area contributed by atoms with E-state index >= 15 is 0 Å². The quantitative estimate of drug-likeness (QED) is 0.605. The molecule has 2 N–H and O–H groups in total. The standard InChI is InChI=1S/C20H32N2O4S.ClH/c1-22(19(23)15-20(16-21)11-4-3-5-12-20)13-6-14-26-17-7-9-18(10-8-17)27(2,24)25;/h7-10H,3-6,11-16,21H2,1-2H3;1H. The number of sulfone groups is 1. The maximum absolute atomic E-state index is 12.5. The second kappa shape index (κ2) is 11.0. The molecule has 1 saturated carbocycles. The highest BCUT2D eigenvalue weighted by Gasteiger charge is 2.33. The lowest BCUT2D eigenvalue weighted by Gasteiger charge is -2.36. The molecule has 0 saturated heterocycles. The smallest absolute Gasteiger partial charge is 0.222 e. The Bertz CT molecular complexity index is 716. The molecule has 0 aliphatic heterocycles. The van der Waals surface area contributed by atoms with Gasteiger partial charge in [0.05, 0.1) is 11.5 Å². The topological polar surface area (TPSA) is 89.7 Å². The van der Waals surface area contributed by atoms with Gasteiger partial charge in [-0.2, -0.15) is 0 Å². The first-order valence-electron chi connectivity index (χ1n) is 9.63. The molecule has 0 atom stereocenters. The van der Waals surface area contributed by atoms with E-state index in [2.05, 4.69) is 0 Å². The number of hydrogen-bond acceptors (Lipinski definition) is 5. The Labute approximate surface area is 175 Å². The van der Waals surface area contributed by atoms with Gasteiger partial charge in [-0.15, -0.1) is 12.4 Å². The monoisotopic (exact) mass is 432 g/mol. The van der Waals surface area contributed by atoms with Crippen molar-refractivity contribution in [3.8, 4) is 5.75 Å². The van der Waals surface area contributed by atoms with Crippen molar-refractivity contribution >= 4 is 28.2 Å². The molecule has 2 rings (SSSR count). The highest BCUT2D eigenvalue weighted by atomic mass is 35.5.